The molecule has 22 heavy (non-hydrogen) atoms. The highest BCUT2D eigenvalue weighted by Gasteiger charge is 2.00. The predicted molar refractivity (Wildman–Crippen MR) is 89.0 cm³/mol. The maximum Gasteiger partial charge on any atom is 0.0621 e. The molecule has 0 saturated carbocycles. The highest BCUT2D eigenvalue weighted by molar-refractivity contribution is 5.63. The first-order valence-corrected chi connectivity index (χ1v) is 7.75. The molecule has 0 atom stereocenters. The average molecular weight is 288 g/mol. The molecule has 0 amide bonds. The van der Waals surface area contributed by atoms with Gasteiger partial charge in [-0.1, -0.05) is 48.5 Å². The van der Waals surface area contributed by atoms with E-state index in [2.05, 4.69) is 60.7 Å². The van der Waals surface area contributed by atoms with E-state index in [1.54, 1.807) is 0 Å². The zero-order valence-electron chi connectivity index (χ0n) is 12.8. The van der Waals surface area contributed by atoms with Crippen LogP contribution in [-0.2, 0) is 12.8 Å². The van der Waals surface area contributed by atoms with Gasteiger partial charge in [-0.25, -0.2) is 0 Å². The third-order valence-electron chi connectivity index (χ3n) is 3.75. The third-order valence-corrected chi connectivity index (χ3v) is 3.75. The number of benzene rings is 2. The molecule has 0 aromatic heterocycles. The number of nitriles is 2. The van der Waals surface area contributed by atoms with Gasteiger partial charge in [0.1, 0.15) is 0 Å². The molecule has 0 spiro atoms. The van der Waals surface area contributed by atoms with Crippen molar-refractivity contribution in [1.29, 1.82) is 10.5 Å². The van der Waals surface area contributed by atoms with E-state index in [9.17, 15) is 0 Å². The molecule has 0 aliphatic heterocycles. The molecule has 0 aliphatic rings. The fourth-order valence-electron chi connectivity index (χ4n) is 2.47. The maximum absolute atomic E-state index is 8.56. The normalized spacial score (nSPS) is 9.91. The molecule has 0 aliphatic carbocycles. The molecule has 0 heterocycles. The van der Waals surface area contributed by atoms with Crippen LogP contribution >= 0.6 is 0 Å². The quantitative estimate of drug-likeness (QED) is 0.669. The van der Waals surface area contributed by atoms with Crippen LogP contribution in [0.2, 0.25) is 0 Å². The second-order valence-electron chi connectivity index (χ2n) is 5.42. The van der Waals surface area contributed by atoms with Gasteiger partial charge in [0.05, 0.1) is 12.1 Å². The van der Waals surface area contributed by atoms with Crippen molar-refractivity contribution in [1.82, 2.24) is 0 Å². The van der Waals surface area contributed by atoms with E-state index >= 15 is 0 Å². The fourth-order valence-corrected chi connectivity index (χ4v) is 2.47. The molecule has 110 valence electrons. The van der Waals surface area contributed by atoms with Crippen LogP contribution in [-0.4, -0.2) is 0 Å². The summed E-state index contributed by atoms with van der Waals surface area (Å²) in [6, 6.07) is 21.5. The Morgan fingerprint density at radius 1 is 0.591 bits per heavy atom. The van der Waals surface area contributed by atoms with E-state index in [1.807, 2.05) is 0 Å². The van der Waals surface area contributed by atoms with Crippen molar-refractivity contribution in [3.05, 3.63) is 59.7 Å². The van der Waals surface area contributed by atoms with Crippen molar-refractivity contribution in [3.63, 3.8) is 0 Å². The van der Waals surface area contributed by atoms with Crippen molar-refractivity contribution in [2.75, 3.05) is 0 Å². The zero-order chi connectivity index (χ0) is 15.6. The molecule has 2 nitrogen and oxygen atoms in total. The number of unbranched alkanes of at least 4 members (excludes halogenated alkanes) is 2. The highest BCUT2D eigenvalue weighted by atomic mass is 14.2. The van der Waals surface area contributed by atoms with E-state index in [4.69, 9.17) is 10.5 Å². The predicted octanol–water partition coefficient (Wildman–Crippen LogP) is 5.05. The molecule has 2 rings (SSSR count). The van der Waals surface area contributed by atoms with Crippen LogP contribution in [0.3, 0.4) is 0 Å². The van der Waals surface area contributed by atoms with Crippen LogP contribution in [0.15, 0.2) is 48.5 Å². The standard InChI is InChI=1S/C20H20N2/c21-15-3-1-5-17-7-11-19(12-8-17)20-13-9-18(10-14-20)6-2-4-16-22/h7-14H,1-6H2. The average Bonchev–Trinajstić information content (AvgIpc) is 2.57. The summed E-state index contributed by atoms with van der Waals surface area (Å²) in [6.45, 7) is 0. The van der Waals surface area contributed by atoms with Crippen molar-refractivity contribution < 1.29 is 0 Å². The second kappa shape index (κ2) is 8.65. The SMILES string of the molecule is N#CCCCc1ccc(-c2ccc(CCCC#N)cc2)cc1. The lowest BCUT2D eigenvalue weighted by Crippen LogP contribution is -1.87. The van der Waals surface area contributed by atoms with Gasteiger partial charge >= 0.3 is 0 Å². The summed E-state index contributed by atoms with van der Waals surface area (Å²) in [7, 11) is 0. The van der Waals surface area contributed by atoms with Crippen LogP contribution < -0.4 is 0 Å². The number of nitrogens with zero attached hydrogens (tertiary/aromatic N) is 2. The Labute approximate surface area is 132 Å². The number of aryl methyl sites for hydroxylation is 2. The van der Waals surface area contributed by atoms with Crippen LogP contribution in [0.5, 0.6) is 0 Å². The van der Waals surface area contributed by atoms with Gasteiger partial charge in [0.25, 0.3) is 0 Å². The van der Waals surface area contributed by atoms with Gasteiger partial charge in [-0.15, -0.1) is 0 Å². The minimum absolute atomic E-state index is 0.620. The lowest BCUT2D eigenvalue weighted by molar-refractivity contribution is 0.850. The van der Waals surface area contributed by atoms with Gasteiger partial charge in [0.15, 0.2) is 0 Å². The second-order valence-corrected chi connectivity index (χ2v) is 5.42. The Bertz CT molecular complexity index is 593. The maximum atomic E-state index is 8.56. The van der Waals surface area contributed by atoms with Gasteiger partial charge in [-0.3, -0.25) is 0 Å². The molecule has 2 aromatic rings. The number of rotatable bonds is 7. The first-order chi connectivity index (χ1) is 10.8. The topological polar surface area (TPSA) is 47.6 Å². The molecular formula is C20H20N2. The van der Waals surface area contributed by atoms with E-state index in [0.29, 0.717) is 12.8 Å². The Kier molecular flexibility index (Phi) is 6.21. The smallest absolute Gasteiger partial charge is 0.0621 e. The molecule has 2 heteroatoms. The van der Waals surface area contributed by atoms with Gasteiger partial charge < -0.3 is 0 Å². The number of hydrogen-bond acceptors (Lipinski definition) is 2. The van der Waals surface area contributed by atoms with Crippen molar-refractivity contribution in [2.24, 2.45) is 0 Å². The summed E-state index contributed by atoms with van der Waals surface area (Å²) < 4.78 is 0. The molecule has 0 fully saturated rings. The molecule has 0 saturated heterocycles. The Morgan fingerprint density at radius 3 is 1.27 bits per heavy atom. The molecule has 2 aromatic carbocycles. The Morgan fingerprint density at radius 2 is 0.955 bits per heavy atom. The van der Waals surface area contributed by atoms with Crippen LogP contribution in [0, 0.1) is 22.7 Å². The van der Waals surface area contributed by atoms with Gasteiger partial charge in [-0.2, -0.15) is 10.5 Å². The van der Waals surface area contributed by atoms with Crippen molar-refractivity contribution >= 4 is 0 Å². The Balaban J connectivity index is 1.96. The highest BCUT2D eigenvalue weighted by Crippen LogP contribution is 2.21. The molecule has 0 bridgehead atoms. The van der Waals surface area contributed by atoms with Crippen molar-refractivity contribution in [2.45, 2.75) is 38.5 Å². The zero-order valence-corrected chi connectivity index (χ0v) is 12.8. The van der Waals surface area contributed by atoms with Gasteiger partial charge in [0, 0.05) is 12.8 Å². The van der Waals surface area contributed by atoms with Crippen LogP contribution in [0.1, 0.15) is 36.8 Å². The monoisotopic (exact) mass is 288 g/mol. The first-order valence-electron chi connectivity index (χ1n) is 7.75. The van der Waals surface area contributed by atoms with Crippen LogP contribution in [0.4, 0.5) is 0 Å². The molecule has 0 unspecified atom stereocenters. The lowest BCUT2D eigenvalue weighted by Gasteiger charge is -2.06. The summed E-state index contributed by atoms with van der Waals surface area (Å²) in [5.41, 5.74) is 5.00. The Hall–Kier alpha value is -2.58. The molecule has 0 radical (unpaired) electrons. The minimum atomic E-state index is 0.620. The first kappa shape index (κ1) is 15.8. The van der Waals surface area contributed by atoms with Crippen LogP contribution in [0.25, 0.3) is 11.1 Å². The summed E-state index contributed by atoms with van der Waals surface area (Å²) in [4.78, 5) is 0. The molecular weight excluding hydrogens is 268 g/mol. The van der Waals surface area contributed by atoms with E-state index in [1.165, 1.54) is 22.3 Å². The van der Waals surface area contributed by atoms with E-state index in [-0.39, 0.29) is 0 Å². The van der Waals surface area contributed by atoms with E-state index in [0.717, 1.165) is 25.7 Å². The molecule has 0 N–H and O–H groups in total. The lowest BCUT2D eigenvalue weighted by atomic mass is 9.99. The summed E-state index contributed by atoms with van der Waals surface area (Å²) in [5, 5.41) is 17.1. The van der Waals surface area contributed by atoms with Gasteiger partial charge in [0.2, 0.25) is 0 Å². The van der Waals surface area contributed by atoms with Gasteiger partial charge in [-0.05, 0) is 47.9 Å². The summed E-state index contributed by atoms with van der Waals surface area (Å²) >= 11 is 0. The minimum Gasteiger partial charge on any atom is -0.198 e. The van der Waals surface area contributed by atoms with Crippen molar-refractivity contribution in [3.8, 4) is 23.3 Å². The largest absolute Gasteiger partial charge is 0.198 e. The van der Waals surface area contributed by atoms with E-state index < -0.39 is 0 Å². The summed E-state index contributed by atoms with van der Waals surface area (Å²) in [5.74, 6) is 0. The summed E-state index contributed by atoms with van der Waals surface area (Å²) in [6.07, 6.45) is 5.02. The fraction of sp³-hybridized carbons (Fsp3) is 0.300. The number of hydrogen-bond donors (Lipinski definition) is 0. The third kappa shape index (κ3) is 4.76.